The highest BCUT2D eigenvalue weighted by Crippen LogP contribution is 2.12. The van der Waals surface area contributed by atoms with Gasteiger partial charge in [0.05, 0.1) is 13.2 Å². The zero-order valence-electron chi connectivity index (χ0n) is 12.8. The molecule has 0 fully saturated rings. The zero-order valence-corrected chi connectivity index (χ0v) is 12.8. The Morgan fingerprint density at radius 3 is 2.50 bits per heavy atom. The van der Waals surface area contributed by atoms with Crippen LogP contribution in [0, 0.1) is 0 Å². The highest BCUT2D eigenvalue weighted by Gasteiger charge is 2.09. The van der Waals surface area contributed by atoms with E-state index in [1.165, 1.54) is 0 Å². The predicted molar refractivity (Wildman–Crippen MR) is 79.4 cm³/mol. The lowest BCUT2D eigenvalue weighted by Gasteiger charge is -2.14. The minimum atomic E-state index is 0.112. The Kier molecular flexibility index (Phi) is 7.64. The van der Waals surface area contributed by atoms with Crippen molar-refractivity contribution < 1.29 is 9.47 Å². The molecule has 2 N–H and O–H groups in total. The van der Waals surface area contributed by atoms with Gasteiger partial charge in [-0.15, -0.1) is 0 Å². The Morgan fingerprint density at radius 1 is 1.10 bits per heavy atom. The molecule has 7 nitrogen and oxygen atoms in total. The molecule has 0 aliphatic carbocycles. The number of nitrogens with one attached hydrogen (secondary N) is 2. The average Bonchev–Trinajstić information content (AvgIpc) is 2.43. The van der Waals surface area contributed by atoms with Crippen LogP contribution in [0.5, 0.6) is 6.01 Å². The highest BCUT2D eigenvalue weighted by molar-refractivity contribution is 5.36. The van der Waals surface area contributed by atoms with Crippen LogP contribution in [-0.4, -0.2) is 47.9 Å². The number of nitrogens with zero attached hydrogens (tertiary/aromatic N) is 3. The number of methoxy groups -OCH3 is 1. The van der Waals surface area contributed by atoms with Gasteiger partial charge >= 0.3 is 6.01 Å². The summed E-state index contributed by atoms with van der Waals surface area (Å²) in [5.41, 5.74) is 0. The molecular formula is C13H25N5O2. The number of ether oxygens (including phenoxy) is 2. The van der Waals surface area contributed by atoms with Crippen molar-refractivity contribution in [1.29, 1.82) is 0 Å². The molecule has 0 saturated carbocycles. The first-order valence-corrected chi connectivity index (χ1v) is 7.07. The van der Waals surface area contributed by atoms with Gasteiger partial charge in [0.2, 0.25) is 11.9 Å². The molecule has 1 heterocycles. The molecule has 114 valence electrons. The normalized spacial score (nSPS) is 12.0. The zero-order chi connectivity index (χ0) is 14.8. The summed E-state index contributed by atoms with van der Waals surface area (Å²) in [6.45, 7) is 8.10. The van der Waals surface area contributed by atoms with Crippen LogP contribution in [0.2, 0.25) is 0 Å². The standard InChI is InChI=1S/C13H25N5O2/c1-5-7-14-11-16-12(15-10(3)9-19-4)18-13(17-11)20-8-6-2/h10H,5-9H2,1-4H3,(H2,14,15,16,17,18). The topological polar surface area (TPSA) is 81.2 Å². The van der Waals surface area contributed by atoms with E-state index in [0.717, 1.165) is 19.4 Å². The summed E-state index contributed by atoms with van der Waals surface area (Å²) in [7, 11) is 1.66. The van der Waals surface area contributed by atoms with E-state index < -0.39 is 0 Å². The van der Waals surface area contributed by atoms with Crippen LogP contribution >= 0.6 is 0 Å². The summed E-state index contributed by atoms with van der Waals surface area (Å²) < 4.78 is 10.6. The smallest absolute Gasteiger partial charge is 0.323 e. The van der Waals surface area contributed by atoms with E-state index in [-0.39, 0.29) is 6.04 Å². The van der Waals surface area contributed by atoms with Crippen molar-refractivity contribution >= 4 is 11.9 Å². The first-order chi connectivity index (χ1) is 9.69. The monoisotopic (exact) mass is 283 g/mol. The van der Waals surface area contributed by atoms with Crippen LogP contribution in [0.25, 0.3) is 0 Å². The SMILES string of the molecule is CCCNc1nc(NC(C)COC)nc(OCCC)n1. The fraction of sp³-hybridized carbons (Fsp3) is 0.769. The van der Waals surface area contributed by atoms with Crippen LogP contribution in [0.15, 0.2) is 0 Å². The molecule has 20 heavy (non-hydrogen) atoms. The van der Waals surface area contributed by atoms with E-state index in [1.807, 2.05) is 13.8 Å². The van der Waals surface area contributed by atoms with Gasteiger partial charge in [0.25, 0.3) is 0 Å². The van der Waals surface area contributed by atoms with Crippen molar-refractivity contribution in [3.05, 3.63) is 0 Å². The van der Waals surface area contributed by atoms with Crippen molar-refractivity contribution in [3.63, 3.8) is 0 Å². The summed E-state index contributed by atoms with van der Waals surface area (Å²) in [5.74, 6) is 1.02. The van der Waals surface area contributed by atoms with E-state index in [1.54, 1.807) is 7.11 Å². The highest BCUT2D eigenvalue weighted by atomic mass is 16.5. The van der Waals surface area contributed by atoms with Gasteiger partial charge in [-0.05, 0) is 19.8 Å². The van der Waals surface area contributed by atoms with Gasteiger partial charge < -0.3 is 20.1 Å². The molecule has 0 aromatic carbocycles. The maximum Gasteiger partial charge on any atom is 0.323 e. The quantitative estimate of drug-likeness (QED) is 0.679. The lowest BCUT2D eigenvalue weighted by atomic mass is 10.4. The van der Waals surface area contributed by atoms with E-state index in [4.69, 9.17) is 9.47 Å². The first-order valence-electron chi connectivity index (χ1n) is 7.07. The van der Waals surface area contributed by atoms with E-state index in [0.29, 0.717) is 31.1 Å². The number of anilines is 2. The number of hydrogen-bond donors (Lipinski definition) is 2. The molecule has 0 aliphatic rings. The minimum Gasteiger partial charge on any atom is -0.463 e. The van der Waals surface area contributed by atoms with E-state index >= 15 is 0 Å². The Balaban J connectivity index is 2.78. The van der Waals surface area contributed by atoms with Gasteiger partial charge in [-0.25, -0.2) is 0 Å². The van der Waals surface area contributed by atoms with E-state index in [9.17, 15) is 0 Å². The predicted octanol–water partition coefficient (Wildman–Crippen LogP) is 1.93. The number of aromatic nitrogens is 3. The molecule has 0 bridgehead atoms. The van der Waals surface area contributed by atoms with Crippen LogP contribution in [0.1, 0.15) is 33.6 Å². The molecule has 0 saturated heterocycles. The molecule has 1 aromatic rings. The molecule has 1 rings (SSSR count). The fourth-order valence-electron chi connectivity index (χ4n) is 1.51. The van der Waals surface area contributed by atoms with Crippen LogP contribution in [0.4, 0.5) is 11.9 Å². The van der Waals surface area contributed by atoms with Crippen LogP contribution in [-0.2, 0) is 4.74 Å². The molecule has 0 spiro atoms. The Hall–Kier alpha value is -1.63. The van der Waals surface area contributed by atoms with E-state index in [2.05, 4.69) is 32.5 Å². The van der Waals surface area contributed by atoms with Crippen molar-refractivity contribution in [2.45, 2.75) is 39.7 Å². The second kappa shape index (κ2) is 9.30. The Labute approximate surface area is 120 Å². The second-order valence-electron chi connectivity index (χ2n) is 4.54. The molecule has 0 aliphatic heterocycles. The summed E-state index contributed by atoms with van der Waals surface area (Å²) in [4.78, 5) is 12.8. The lowest BCUT2D eigenvalue weighted by molar-refractivity contribution is 0.190. The van der Waals surface area contributed by atoms with Crippen molar-refractivity contribution in [2.24, 2.45) is 0 Å². The molecule has 1 atom stereocenters. The first kappa shape index (κ1) is 16.4. The number of hydrogen-bond acceptors (Lipinski definition) is 7. The van der Waals surface area contributed by atoms with Gasteiger partial charge in [-0.2, -0.15) is 15.0 Å². The molecule has 0 radical (unpaired) electrons. The van der Waals surface area contributed by atoms with Gasteiger partial charge in [-0.3, -0.25) is 0 Å². The van der Waals surface area contributed by atoms with Gasteiger partial charge in [0.1, 0.15) is 0 Å². The second-order valence-corrected chi connectivity index (χ2v) is 4.54. The maximum atomic E-state index is 5.48. The third-order valence-corrected chi connectivity index (χ3v) is 2.38. The summed E-state index contributed by atoms with van der Waals surface area (Å²) in [6, 6.07) is 0.452. The lowest BCUT2D eigenvalue weighted by Crippen LogP contribution is -2.23. The van der Waals surface area contributed by atoms with Crippen molar-refractivity contribution in [1.82, 2.24) is 15.0 Å². The van der Waals surface area contributed by atoms with Crippen molar-refractivity contribution in [2.75, 3.05) is 37.5 Å². The van der Waals surface area contributed by atoms with Crippen molar-refractivity contribution in [3.8, 4) is 6.01 Å². The van der Waals surface area contributed by atoms with Gasteiger partial charge in [-0.1, -0.05) is 13.8 Å². The minimum absolute atomic E-state index is 0.112. The largest absolute Gasteiger partial charge is 0.463 e. The fourth-order valence-corrected chi connectivity index (χ4v) is 1.51. The summed E-state index contributed by atoms with van der Waals surface area (Å²) >= 11 is 0. The Bertz CT molecular complexity index is 363. The van der Waals surface area contributed by atoms with Crippen LogP contribution in [0.3, 0.4) is 0 Å². The average molecular weight is 283 g/mol. The Morgan fingerprint density at radius 2 is 1.85 bits per heavy atom. The molecule has 1 aromatic heterocycles. The maximum absolute atomic E-state index is 5.48. The molecule has 0 amide bonds. The van der Waals surface area contributed by atoms with Gasteiger partial charge in [0.15, 0.2) is 0 Å². The number of rotatable bonds is 10. The molecular weight excluding hydrogens is 258 g/mol. The van der Waals surface area contributed by atoms with Crippen LogP contribution < -0.4 is 15.4 Å². The molecule has 1 unspecified atom stereocenters. The molecule has 7 heteroatoms. The third kappa shape index (κ3) is 6.01. The van der Waals surface area contributed by atoms with Gasteiger partial charge in [0, 0.05) is 19.7 Å². The summed E-state index contributed by atoms with van der Waals surface area (Å²) in [6.07, 6.45) is 1.91. The third-order valence-electron chi connectivity index (χ3n) is 2.38. The summed E-state index contributed by atoms with van der Waals surface area (Å²) in [5, 5.41) is 6.31.